The van der Waals surface area contributed by atoms with Gasteiger partial charge in [0.05, 0.1) is 11.4 Å². The average molecular weight is 484 g/mol. The van der Waals surface area contributed by atoms with Gasteiger partial charge in [0, 0.05) is 32.8 Å². The molecule has 4 aromatic rings. The third-order valence-electron chi connectivity index (χ3n) is 5.06. The minimum Gasteiger partial charge on any atom is -0.301 e. The quantitative estimate of drug-likeness (QED) is 0.309. The lowest BCUT2D eigenvalue weighted by molar-refractivity contribution is -0.113. The summed E-state index contributed by atoms with van der Waals surface area (Å²) in [7, 11) is 0. The maximum Gasteiger partial charge on any atom is 0.236 e. The summed E-state index contributed by atoms with van der Waals surface area (Å²) in [5, 5.41) is 17.1. The summed E-state index contributed by atoms with van der Waals surface area (Å²) in [6.45, 7) is 10.5. The molecule has 1 aromatic carbocycles. The number of aromatic nitrogens is 4. The molecular formula is C23H25N5OS3. The molecule has 0 saturated carbocycles. The molecule has 32 heavy (non-hydrogen) atoms. The van der Waals surface area contributed by atoms with Gasteiger partial charge < -0.3 is 5.32 Å². The first kappa shape index (κ1) is 22.7. The molecule has 0 aliphatic carbocycles. The Bertz CT molecular complexity index is 1250. The SMILES string of the molecule is Cc1cc(-c2nnc(SCC(=O)Nc3nc(-c4ccc(C)c(C)c4)cs3)n2C(C)C)cs1. The largest absolute Gasteiger partial charge is 0.301 e. The Morgan fingerprint density at radius 3 is 2.56 bits per heavy atom. The van der Waals surface area contributed by atoms with Gasteiger partial charge in [-0.2, -0.15) is 0 Å². The molecule has 0 atom stereocenters. The molecule has 0 unspecified atom stereocenters. The molecule has 3 heterocycles. The zero-order valence-electron chi connectivity index (χ0n) is 18.7. The van der Waals surface area contributed by atoms with Gasteiger partial charge in [-0.1, -0.05) is 23.9 Å². The lowest BCUT2D eigenvalue weighted by Crippen LogP contribution is -2.15. The van der Waals surface area contributed by atoms with E-state index in [-0.39, 0.29) is 17.7 Å². The third kappa shape index (κ3) is 4.95. The van der Waals surface area contributed by atoms with E-state index in [9.17, 15) is 4.79 Å². The van der Waals surface area contributed by atoms with E-state index in [1.165, 1.54) is 39.1 Å². The Kier molecular flexibility index (Phi) is 6.78. The number of thiazole rings is 1. The summed E-state index contributed by atoms with van der Waals surface area (Å²) in [5.41, 5.74) is 5.47. The molecule has 3 aromatic heterocycles. The first-order chi connectivity index (χ1) is 15.3. The van der Waals surface area contributed by atoms with Gasteiger partial charge in [0.15, 0.2) is 16.1 Å². The zero-order chi connectivity index (χ0) is 22.8. The van der Waals surface area contributed by atoms with E-state index in [2.05, 4.69) is 89.3 Å². The molecule has 0 bridgehead atoms. The van der Waals surface area contributed by atoms with E-state index >= 15 is 0 Å². The summed E-state index contributed by atoms with van der Waals surface area (Å²) in [5.74, 6) is 0.971. The first-order valence-electron chi connectivity index (χ1n) is 10.3. The Hall–Kier alpha value is -2.49. The standard InChI is InChI=1S/C23H25N5OS3/c1-13(2)28-21(18-9-16(5)30-10-18)26-27-23(28)32-12-20(29)25-22-24-19(11-31-22)17-7-6-14(3)15(4)8-17/h6-11,13H,12H2,1-5H3,(H,24,25,29). The maximum atomic E-state index is 12.6. The third-order valence-corrected chi connectivity index (χ3v) is 7.62. The molecule has 0 saturated heterocycles. The lowest BCUT2D eigenvalue weighted by Gasteiger charge is -2.12. The molecule has 166 valence electrons. The van der Waals surface area contributed by atoms with Crippen molar-refractivity contribution < 1.29 is 4.79 Å². The van der Waals surface area contributed by atoms with Crippen LogP contribution in [0.4, 0.5) is 5.13 Å². The number of carbonyl (C=O) groups excluding carboxylic acids is 1. The van der Waals surface area contributed by atoms with Gasteiger partial charge in [-0.05, 0) is 57.9 Å². The van der Waals surface area contributed by atoms with Crippen LogP contribution in [0.3, 0.4) is 0 Å². The summed E-state index contributed by atoms with van der Waals surface area (Å²) >= 11 is 4.51. The molecule has 6 nitrogen and oxygen atoms in total. The van der Waals surface area contributed by atoms with Crippen LogP contribution in [0.1, 0.15) is 35.9 Å². The number of hydrogen-bond acceptors (Lipinski definition) is 7. The summed E-state index contributed by atoms with van der Waals surface area (Å²) in [6.07, 6.45) is 0. The summed E-state index contributed by atoms with van der Waals surface area (Å²) < 4.78 is 2.08. The topological polar surface area (TPSA) is 72.7 Å². The predicted octanol–water partition coefficient (Wildman–Crippen LogP) is 6.37. The lowest BCUT2D eigenvalue weighted by atomic mass is 10.1. The smallest absolute Gasteiger partial charge is 0.236 e. The number of nitrogens with one attached hydrogen (secondary N) is 1. The van der Waals surface area contributed by atoms with E-state index in [1.807, 2.05) is 5.38 Å². The number of nitrogens with zero attached hydrogens (tertiary/aromatic N) is 4. The molecule has 0 spiro atoms. The molecule has 1 amide bonds. The van der Waals surface area contributed by atoms with Crippen LogP contribution in [0.2, 0.25) is 0 Å². The van der Waals surface area contributed by atoms with Gasteiger partial charge in [0.1, 0.15) is 0 Å². The van der Waals surface area contributed by atoms with Crippen LogP contribution in [0.5, 0.6) is 0 Å². The molecule has 0 fully saturated rings. The second-order valence-electron chi connectivity index (χ2n) is 7.89. The van der Waals surface area contributed by atoms with Crippen molar-refractivity contribution in [3.05, 3.63) is 51.0 Å². The van der Waals surface area contributed by atoms with Crippen molar-refractivity contribution in [3.63, 3.8) is 0 Å². The number of anilines is 1. The highest BCUT2D eigenvalue weighted by atomic mass is 32.2. The Morgan fingerprint density at radius 1 is 1.06 bits per heavy atom. The minimum atomic E-state index is -0.109. The average Bonchev–Trinajstić information content (AvgIpc) is 3.48. The number of aryl methyl sites for hydroxylation is 3. The molecular weight excluding hydrogens is 458 g/mol. The minimum absolute atomic E-state index is 0.109. The van der Waals surface area contributed by atoms with E-state index in [4.69, 9.17) is 0 Å². The van der Waals surface area contributed by atoms with Crippen LogP contribution in [0.25, 0.3) is 22.6 Å². The van der Waals surface area contributed by atoms with Gasteiger partial charge in [-0.3, -0.25) is 9.36 Å². The molecule has 4 rings (SSSR count). The van der Waals surface area contributed by atoms with Crippen molar-refractivity contribution in [3.8, 4) is 22.6 Å². The maximum absolute atomic E-state index is 12.6. The van der Waals surface area contributed by atoms with Gasteiger partial charge in [-0.15, -0.1) is 32.9 Å². The van der Waals surface area contributed by atoms with Crippen LogP contribution in [0.15, 0.2) is 40.2 Å². The van der Waals surface area contributed by atoms with E-state index in [0.29, 0.717) is 5.13 Å². The fourth-order valence-electron chi connectivity index (χ4n) is 3.25. The van der Waals surface area contributed by atoms with Crippen LogP contribution < -0.4 is 5.32 Å². The summed E-state index contributed by atoms with van der Waals surface area (Å²) in [6, 6.07) is 8.58. The molecule has 0 aliphatic rings. The molecule has 0 aliphatic heterocycles. The van der Waals surface area contributed by atoms with Crippen LogP contribution in [0, 0.1) is 20.8 Å². The number of thioether (sulfide) groups is 1. The van der Waals surface area contributed by atoms with Crippen LogP contribution in [-0.2, 0) is 4.79 Å². The van der Waals surface area contributed by atoms with Crippen molar-refractivity contribution in [2.75, 3.05) is 11.1 Å². The Morgan fingerprint density at radius 2 is 1.88 bits per heavy atom. The van der Waals surface area contributed by atoms with Crippen molar-refractivity contribution in [2.24, 2.45) is 0 Å². The van der Waals surface area contributed by atoms with Crippen molar-refractivity contribution in [1.29, 1.82) is 0 Å². The number of rotatable bonds is 7. The molecule has 0 radical (unpaired) electrons. The second-order valence-corrected chi connectivity index (χ2v) is 10.8. The number of benzene rings is 1. The number of thiophene rings is 1. The Labute approximate surface area is 200 Å². The number of hydrogen-bond donors (Lipinski definition) is 1. The molecule has 1 N–H and O–H groups in total. The zero-order valence-corrected chi connectivity index (χ0v) is 21.1. The van der Waals surface area contributed by atoms with Crippen LogP contribution in [-0.4, -0.2) is 31.4 Å². The van der Waals surface area contributed by atoms with E-state index < -0.39 is 0 Å². The van der Waals surface area contributed by atoms with E-state index in [0.717, 1.165) is 27.8 Å². The highest BCUT2D eigenvalue weighted by Crippen LogP contribution is 2.31. The monoisotopic (exact) mass is 483 g/mol. The Balaban J connectivity index is 1.42. The number of amides is 1. The van der Waals surface area contributed by atoms with Gasteiger partial charge in [0.2, 0.25) is 5.91 Å². The highest BCUT2D eigenvalue weighted by molar-refractivity contribution is 7.99. The van der Waals surface area contributed by atoms with Crippen molar-refractivity contribution >= 4 is 45.5 Å². The van der Waals surface area contributed by atoms with E-state index in [1.54, 1.807) is 11.3 Å². The van der Waals surface area contributed by atoms with Crippen LogP contribution >= 0.6 is 34.4 Å². The van der Waals surface area contributed by atoms with Gasteiger partial charge in [0.25, 0.3) is 0 Å². The fourth-order valence-corrected chi connectivity index (χ4v) is 5.53. The fraction of sp³-hybridized carbons (Fsp3) is 0.304. The van der Waals surface area contributed by atoms with Gasteiger partial charge >= 0.3 is 0 Å². The van der Waals surface area contributed by atoms with Gasteiger partial charge in [-0.25, -0.2) is 4.98 Å². The second kappa shape index (κ2) is 9.56. The molecule has 9 heteroatoms. The highest BCUT2D eigenvalue weighted by Gasteiger charge is 2.19. The predicted molar refractivity (Wildman–Crippen MR) is 135 cm³/mol. The van der Waals surface area contributed by atoms with Crippen molar-refractivity contribution in [1.82, 2.24) is 19.7 Å². The number of carbonyl (C=O) groups is 1. The first-order valence-corrected chi connectivity index (χ1v) is 13.0. The summed E-state index contributed by atoms with van der Waals surface area (Å²) in [4.78, 5) is 18.4. The van der Waals surface area contributed by atoms with Crippen molar-refractivity contribution in [2.45, 2.75) is 45.8 Å². The normalized spacial score (nSPS) is 11.3.